The van der Waals surface area contributed by atoms with E-state index in [1.807, 2.05) is 24.3 Å². The largest absolute Gasteiger partial charge is 0.497 e. The topological polar surface area (TPSA) is 76.3 Å². The molecule has 2 atom stereocenters. The summed E-state index contributed by atoms with van der Waals surface area (Å²) >= 11 is 0. The maximum absolute atomic E-state index is 11.5. The van der Waals surface area contributed by atoms with Crippen molar-refractivity contribution in [2.24, 2.45) is 0 Å². The van der Waals surface area contributed by atoms with Crippen LogP contribution in [0, 0.1) is 0 Å². The molecular weight excluding hydrogens is 366 g/mol. The Kier molecular flexibility index (Phi) is 5.04. The van der Waals surface area contributed by atoms with Crippen molar-refractivity contribution in [3.05, 3.63) is 35.7 Å². The molecule has 2 aromatic rings. The average molecular weight is 398 g/mol. The zero-order valence-electron chi connectivity index (χ0n) is 17.2. The molecule has 3 heterocycles. The number of ether oxygens (including phenoxy) is 1. The lowest BCUT2D eigenvalue weighted by molar-refractivity contribution is -0.0606. The van der Waals surface area contributed by atoms with Gasteiger partial charge in [0, 0.05) is 12.1 Å². The number of methoxy groups -OCH3 is 1. The van der Waals surface area contributed by atoms with Crippen LogP contribution in [-0.2, 0) is 12.1 Å². The summed E-state index contributed by atoms with van der Waals surface area (Å²) in [5.41, 5.74) is 0.242. The third-order valence-corrected chi connectivity index (χ3v) is 7.35. The van der Waals surface area contributed by atoms with E-state index in [-0.39, 0.29) is 0 Å². The lowest BCUT2D eigenvalue weighted by Crippen LogP contribution is -2.49. The van der Waals surface area contributed by atoms with Crippen LogP contribution in [-0.4, -0.2) is 49.4 Å². The first-order valence-corrected chi connectivity index (χ1v) is 11.1. The number of tetrazole rings is 1. The van der Waals surface area contributed by atoms with Crippen LogP contribution >= 0.6 is 0 Å². The molecule has 2 aliphatic heterocycles. The fraction of sp³-hybridized carbons (Fsp3) is 0.682. The Bertz CT molecular complexity index is 816. The Balaban J connectivity index is 1.32. The van der Waals surface area contributed by atoms with Crippen molar-refractivity contribution in [3.63, 3.8) is 0 Å². The lowest BCUT2D eigenvalue weighted by atomic mass is 9.80. The van der Waals surface area contributed by atoms with E-state index in [0.29, 0.717) is 18.1 Å². The van der Waals surface area contributed by atoms with E-state index in [2.05, 4.69) is 25.1 Å². The van der Waals surface area contributed by atoms with Crippen molar-refractivity contribution in [2.75, 3.05) is 7.11 Å². The molecule has 2 unspecified atom stereocenters. The van der Waals surface area contributed by atoms with Crippen molar-refractivity contribution in [1.82, 2.24) is 25.1 Å². The van der Waals surface area contributed by atoms with E-state index in [1.54, 1.807) is 7.11 Å². The molecule has 156 valence electrons. The van der Waals surface area contributed by atoms with Gasteiger partial charge in [0.05, 0.1) is 25.3 Å². The van der Waals surface area contributed by atoms with Crippen LogP contribution in [0.2, 0.25) is 0 Å². The van der Waals surface area contributed by atoms with Crippen LogP contribution in [0.15, 0.2) is 24.3 Å². The zero-order valence-corrected chi connectivity index (χ0v) is 17.2. The molecule has 7 heteroatoms. The second-order valence-electron chi connectivity index (χ2n) is 9.06. The monoisotopic (exact) mass is 397 g/mol. The van der Waals surface area contributed by atoms with Crippen LogP contribution in [0.3, 0.4) is 0 Å². The predicted octanol–water partition coefficient (Wildman–Crippen LogP) is 3.20. The summed E-state index contributed by atoms with van der Waals surface area (Å²) in [6, 6.07) is 9.11. The second kappa shape index (κ2) is 7.69. The molecule has 0 radical (unpaired) electrons. The molecule has 1 aliphatic carbocycles. The van der Waals surface area contributed by atoms with E-state index in [0.717, 1.165) is 49.4 Å². The molecule has 7 nitrogen and oxygen atoms in total. The first-order valence-electron chi connectivity index (χ1n) is 11.1. The van der Waals surface area contributed by atoms with Gasteiger partial charge in [-0.25, -0.2) is 4.68 Å². The van der Waals surface area contributed by atoms with Gasteiger partial charge in [-0.15, -0.1) is 5.10 Å². The maximum Gasteiger partial charge on any atom is 0.165 e. The van der Waals surface area contributed by atoms with E-state index in [4.69, 9.17) is 4.74 Å². The van der Waals surface area contributed by atoms with Gasteiger partial charge in [-0.1, -0.05) is 31.4 Å². The summed E-state index contributed by atoms with van der Waals surface area (Å²) in [4.78, 5) is 2.54. The van der Waals surface area contributed by atoms with Crippen molar-refractivity contribution < 1.29 is 9.84 Å². The van der Waals surface area contributed by atoms with E-state index >= 15 is 0 Å². The molecule has 3 aliphatic rings. The van der Waals surface area contributed by atoms with Gasteiger partial charge in [-0.3, -0.25) is 4.90 Å². The van der Waals surface area contributed by atoms with Crippen LogP contribution in [0.1, 0.15) is 75.2 Å². The van der Waals surface area contributed by atoms with Crippen LogP contribution in [0.5, 0.6) is 5.75 Å². The molecule has 1 aromatic carbocycles. The summed E-state index contributed by atoms with van der Waals surface area (Å²) < 4.78 is 7.36. The number of hydrogen-bond donors (Lipinski definition) is 1. The highest BCUT2D eigenvalue weighted by Crippen LogP contribution is 2.46. The molecule has 1 aromatic heterocycles. The number of fused-ring (bicyclic) bond motifs is 2. The quantitative estimate of drug-likeness (QED) is 0.835. The Morgan fingerprint density at radius 3 is 2.34 bits per heavy atom. The van der Waals surface area contributed by atoms with Crippen LogP contribution in [0.25, 0.3) is 0 Å². The van der Waals surface area contributed by atoms with Crippen molar-refractivity contribution in [1.29, 1.82) is 0 Å². The molecule has 29 heavy (non-hydrogen) atoms. The highest BCUT2D eigenvalue weighted by Gasteiger charge is 2.48. The van der Waals surface area contributed by atoms with Gasteiger partial charge in [0.15, 0.2) is 5.82 Å². The minimum Gasteiger partial charge on any atom is -0.497 e. The molecule has 2 saturated heterocycles. The fourth-order valence-corrected chi connectivity index (χ4v) is 5.80. The van der Waals surface area contributed by atoms with E-state index in [9.17, 15) is 5.11 Å². The summed E-state index contributed by atoms with van der Waals surface area (Å²) in [6.45, 7) is 0.789. The SMILES string of the molecule is COc1ccc(C2(O)CC3CCC(C2)N3Cc2nnnn2C2CCCCC2)cc1. The first kappa shape index (κ1) is 19.0. The van der Waals surface area contributed by atoms with Gasteiger partial charge in [-0.2, -0.15) is 0 Å². The van der Waals surface area contributed by atoms with E-state index < -0.39 is 5.60 Å². The number of rotatable bonds is 5. The number of benzene rings is 1. The van der Waals surface area contributed by atoms with Gasteiger partial charge in [0.25, 0.3) is 0 Å². The predicted molar refractivity (Wildman–Crippen MR) is 108 cm³/mol. The Hall–Kier alpha value is -1.99. The van der Waals surface area contributed by atoms with Crippen molar-refractivity contribution in [3.8, 4) is 5.75 Å². The normalized spacial score (nSPS) is 30.6. The van der Waals surface area contributed by atoms with E-state index in [1.165, 1.54) is 32.1 Å². The van der Waals surface area contributed by atoms with Gasteiger partial charge >= 0.3 is 0 Å². The summed E-state index contributed by atoms with van der Waals surface area (Å²) in [6.07, 6.45) is 10.0. The Morgan fingerprint density at radius 2 is 1.69 bits per heavy atom. The number of piperidine rings is 1. The minimum atomic E-state index is -0.760. The molecule has 3 fully saturated rings. The molecule has 0 amide bonds. The number of hydrogen-bond acceptors (Lipinski definition) is 6. The van der Waals surface area contributed by atoms with Gasteiger partial charge in [0.1, 0.15) is 5.75 Å². The molecule has 1 N–H and O–H groups in total. The van der Waals surface area contributed by atoms with Crippen molar-refractivity contribution >= 4 is 0 Å². The maximum atomic E-state index is 11.5. The third-order valence-electron chi connectivity index (χ3n) is 7.35. The minimum absolute atomic E-state index is 0.373. The highest BCUT2D eigenvalue weighted by molar-refractivity contribution is 5.32. The van der Waals surface area contributed by atoms with Crippen LogP contribution in [0.4, 0.5) is 0 Å². The summed E-state index contributed by atoms with van der Waals surface area (Å²) in [5, 5.41) is 24.2. The Labute approximate surface area is 172 Å². The number of nitrogens with zero attached hydrogens (tertiary/aromatic N) is 5. The van der Waals surface area contributed by atoms with Gasteiger partial charge in [-0.05, 0) is 66.6 Å². The third kappa shape index (κ3) is 3.55. The zero-order chi connectivity index (χ0) is 19.8. The van der Waals surface area contributed by atoms with Crippen molar-refractivity contribution in [2.45, 2.75) is 88.1 Å². The molecule has 1 saturated carbocycles. The number of aromatic nitrogens is 4. The van der Waals surface area contributed by atoms with Crippen LogP contribution < -0.4 is 4.74 Å². The summed E-state index contributed by atoms with van der Waals surface area (Å²) in [7, 11) is 1.67. The molecule has 2 bridgehead atoms. The molecule has 0 spiro atoms. The Morgan fingerprint density at radius 1 is 1.00 bits per heavy atom. The lowest BCUT2D eigenvalue weighted by Gasteiger charge is -2.44. The second-order valence-corrected chi connectivity index (χ2v) is 9.06. The highest BCUT2D eigenvalue weighted by atomic mass is 16.5. The average Bonchev–Trinajstić information content (AvgIpc) is 3.32. The van der Waals surface area contributed by atoms with Gasteiger partial charge in [0.2, 0.25) is 0 Å². The first-order chi connectivity index (χ1) is 14.2. The summed E-state index contributed by atoms with van der Waals surface area (Å²) in [5.74, 6) is 1.82. The smallest absolute Gasteiger partial charge is 0.165 e. The fourth-order valence-electron chi connectivity index (χ4n) is 5.80. The standard InChI is InChI=1S/C22H31N5O2/c1-29-20-11-7-16(8-12-20)22(28)13-18-9-10-19(14-22)26(18)15-21-23-24-25-27(21)17-5-3-2-4-6-17/h7-8,11-12,17-19,28H,2-6,9-10,13-15H2,1H3. The number of aliphatic hydroxyl groups is 1. The van der Waals surface area contributed by atoms with Gasteiger partial charge < -0.3 is 9.84 Å². The molecule has 5 rings (SSSR count). The molecular formula is C22H31N5O2.